The molecule has 138 valence electrons. The van der Waals surface area contributed by atoms with Crippen molar-refractivity contribution < 1.29 is 24.5 Å². The van der Waals surface area contributed by atoms with Crippen LogP contribution in [0.15, 0.2) is 40.5 Å². The lowest BCUT2D eigenvalue weighted by molar-refractivity contribution is -0.505. The molecule has 0 saturated heterocycles. The number of nitro groups is 2. The molecule has 1 heterocycles. The third kappa shape index (κ3) is 3.75. The van der Waals surface area contributed by atoms with E-state index in [4.69, 9.17) is 9.84 Å². The van der Waals surface area contributed by atoms with E-state index in [-0.39, 0.29) is 34.8 Å². The van der Waals surface area contributed by atoms with Crippen molar-refractivity contribution in [2.75, 3.05) is 13.2 Å². The molecule has 0 spiro atoms. The first kappa shape index (κ1) is 19.2. The molecule has 0 radical (unpaired) electrons. The van der Waals surface area contributed by atoms with Gasteiger partial charge in [-0.3, -0.25) is 25.2 Å². The summed E-state index contributed by atoms with van der Waals surface area (Å²) in [7, 11) is 0. The molecule has 1 N–H and O–H groups in total. The zero-order valence-electron chi connectivity index (χ0n) is 14.1. The SMILES string of the molecule is CC1=NC(C)=C(C(=O)OCCO)C(c2cccc([N+](=O)[O-])c2)C1[N+](=O)[O-]. The first-order valence-corrected chi connectivity index (χ1v) is 7.69. The number of hydrogen-bond acceptors (Lipinski definition) is 8. The Bertz CT molecular complexity index is 816. The van der Waals surface area contributed by atoms with Gasteiger partial charge in [-0.15, -0.1) is 0 Å². The van der Waals surface area contributed by atoms with Gasteiger partial charge < -0.3 is 9.84 Å². The molecule has 2 rings (SSSR count). The van der Waals surface area contributed by atoms with Crippen molar-refractivity contribution in [1.82, 2.24) is 0 Å². The molecule has 1 aliphatic rings. The second-order valence-corrected chi connectivity index (χ2v) is 5.67. The Balaban J connectivity index is 2.63. The number of rotatable bonds is 6. The summed E-state index contributed by atoms with van der Waals surface area (Å²) in [6.45, 7) is 2.31. The predicted molar refractivity (Wildman–Crippen MR) is 90.5 cm³/mol. The van der Waals surface area contributed by atoms with E-state index in [1.165, 1.54) is 38.1 Å². The van der Waals surface area contributed by atoms with Crippen LogP contribution in [0.2, 0.25) is 0 Å². The molecule has 0 amide bonds. The fraction of sp³-hybridized carbons (Fsp3) is 0.375. The lowest BCUT2D eigenvalue weighted by atomic mass is 9.80. The summed E-state index contributed by atoms with van der Waals surface area (Å²) in [4.78, 5) is 38.0. The van der Waals surface area contributed by atoms with Crippen LogP contribution >= 0.6 is 0 Å². The Morgan fingerprint density at radius 3 is 2.58 bits per heavy atom. The van der Waals surface area contributed by atoms with Crippen LogP contribution in [0.5, 0.6) is 0 Å². The summed E-state index contributed by atoms with van der Waals surface area (Å²) in [6, 6.07) is 3.98. The molecule has 2 atom stereocenters. The molecule has 0 aliphatic carbocycles. The smallest absolute Gasteiger partial charge is 0.336 e. The van der Waals surface area contributed by atoms with Gasteiger partial charge in [0.15, 0.2) is 0 Å². The fourth-order valence-electron chi connectivity index (χ4n) is 2.96. The summed E-state index contributed by atoms with van der Waals surface area (Å²) in [6.07, 6.45) is 0. The van der Waals surface area contributed by atoms with Crippen molar-refractivity contribution >= 4 is 17.4 Å². The van der Waals surface area contributed by atoms with Gasteiger partial charge in [-0.05, 0) is 19.4 Å². The zero-order chi connectivity index (χ0) is 19.4. The van der Waals surface area contributed by atoms with Gasteiger partial charge in [0.05, 0.1) is 28.7 Å². The van der Waals surface area contributed by atoms with Crippen LogP contribution in [-0.4, -0.2) is 45.9 Å². The number of nitrogens with zero attached hydrogens (tertiary/aromatic N) is 3. The number of hydrogen-bond donors (Lipinski definition) is 1. The normalized spacial score (nSPS) is 19.7. The van der Waals surface area contributed by atoms with Crippen LogP contribution in [0.4, 0.5) is 5.69 Å². The number of aliphatic hydroxyl groups is 1. The van der Waals surface area contributed by atoms with Gasteiger partial charge in [-0.2, -0.15) is 0 Å². The lowest BCUT2D eigenvalue weighted by Gasteiger charge is -2.27. The Morgan fingerprint density at radius 2 is 2.00 bits per heavy atom. The molecule has 0 bridgehead atoms. The number of aliphatic hydroxyl groups excluding tert-OH is 1. The van der Waals surface area contributed by atoms with E-state index in [9.17, 15) is 25.0 Å². The number of aliphatic imine (C=N–C) groups is 1. The number of carbonyl (C=O) groups is 1. The average Bonchev–Trinajstić information content (AvgIpc) is 2.58. The van der Waals surface area contributed by atoms with Gasteiger partial charge in [-0.1, -0.05) is 12.1 Å². The Kier molecular flexibility index (Phi) is 5.78. The number of nitro benzene ring substituents is 1. The van der Waals surface area contributed by atoms with Crippen LogP contribution in [0.3, 0.4) is 0 Å². The number of ether oxygens (including phenoxy) is 1. The molecule has 0 saturated carbocycles. The molecular formula is C16H17N3O7. The third-order valence-corrected chi connectivity index (χ3v) is 4.00. The topological polar surface area (TPSA) is 145 Å². The highest BCUT2D eigenvalue weighted by atomic mass is 16.6. The summed E-state index contributed by atoms with van der Waals surface area (Å²) in [5.74, 6) is -1.94. The highest BCUT2D eigenvalue weighted by molar-refractivity contribution is 5.98. The number of benzene rings is 1. The molecule has 1 aromatic carbocycles. The van der Waals surface area contributed by atoms with Crippen molar-refractivity contribution in [3.63, 3.8) is 0 Å². The maximum absolute atomic E-state index is 12.4. The minimum Gasteiger partial charge on any atom is -0.460 e. The minimum atomic E-state index is -1.36. The molecule has 2 unspecified atom stereocenters. The molecule has 1 aromatic rings. The highest BCUT2D eigenvalue weighted by Crippen LogP contribution is 2.37. The van der Waals surface area contributed by atoms with Crippen LogP contribution in [0.25, 0.3) is 0 Å². The molecule has 0 aromatic heterocycles. The first-order valence-electron chi connectivity index (χ1n) is 7.69. The minimum absolute atomic E-state index is 0.0498. The molecule has 1 aliphatic heterocycles. The van der Waals surface area contributed by atoms with E-state index in [0.717, 1.165) is 0 Å². The summed E-state index contributed by atoms with van der Waals surface area (Å²) < 4.78 is 4.92. The summed E-state index contributed by atoms with van der Waals surface area (Å²) in [5.41, 5.74) is 0.366. The van der Waals surface area contributed by atoms with Crippen molar-refractivity contribution in [2.45, 2.75) is 25.8 Å². The summed E-state index contributed by atoms with van der Waals surface area (Å²) >= 11 is 0. The van der Waals surface area contributed by atoms with Gasteiger partial charge in [0.25, 0.3) is 11.7 Å². The van der Waals surface area contributed by atoms with E-state index in [0.29, 0.717) is 0 Å². The molecular weight excluding hydrogens is 346 g/mol. The van der Waals surface area contributed by atoms with Gasteiger partial charge in [0.2, 0.25) is 0 Å². The zero-order valence-corrected chi connectivity index (χ0v) is 14.1. The van der Waals surface area contributed by atoms with Gasteiger partial charge in [0.1, 0.15) is 6.61 Å². The number of non-ortho nitro benzene ring substituents is 1. The lowest BCUT2D eigenvalue weighted by Crippen LogP contribution is -2.40. The number of esters is 1. The van der Waals surface area contributed by atoms with Crippen molar-refractivity contribution in [2.24, 2.45) is 4.99 Å². The average molecular weight is 363 g/mol. The molecule has 26 heavy (non-hydrogen) atoms. The van der Waals surface area contributed by atoms with E-state index in [1.54, 1.807) is 0 Å². The second kappa shape index (κ2) is 7.83. The Labute approximate surface area is 148 Å². The highest BCUT2D eigenvalue weighted by Gasteiger charge is 2.45. The predicted octanol–water partition coefficient (Wildman–Crippen LogP) is 1.61. The Hall–Kier alpha value is -3.14. The van der Waals surface area contributed by atoms with Gasteiger partial charge in [0, 0.05) is 22.8 Å². The van der Waals surface area contributed by atoms with E-state index in [1.807, 2.05) is 0 Å². The standard InChI is InChI=1S/C16H17N3O7/c1-9-13(16(21)26-7-6-20)14(15(19(24)25)10(2)17-9)11-4-3-5-12(8-11)18(22)23/h3-5,8,14-15,20H,6-7H2,1-2H3. The quantitative estimate of drug-likeness (QED) is 0.459. The van der Waals surface area contributed by atoms with Crippen molar-refractivity contribution in [1.29, 1.82) is 0 Å². The van der Waals surface area contributed by atoms with Gasteiger partial charge >= 0.3 is 5.97 Å². The van der Waals surface area contributed by atoms with Crippen LogP contribution in [0.1, 0.15) is 25.3 Å². The van der Waals surface area contributed by atoms with Crippen LogP contribution in [-0.2, 0) is 9.53 Å². The molecule has 10 nitrogen and oxygen atoms in total. The second-order valence-electron chi connectivity index (χ2n) is 5.67. The van der Waals surface area contributed by atoms with E-state index < -0.39 is 34.4 Å². The van der Waals surface area contributed by atoms with E-state index >= 15 is 0 Å². The van der Waals surface area contributed by atoms with Crippen LogP contribution < -0.4 is 0 Å². The molecule has 10 heteroatoms. The van der Waals surface area contributed by atoms with Crippen LogP contribution in [0, 0.1) is 20.2 Å². The molecule has 0 fully saturated rings. The third-order valence-electron chi connectivity index (χ3n) is 4.00. The first-order chi connectivity index (χ1) is 12.3. The van der Waals surface area contributed by atoms with Crippen molar-refractivity contribution in [3.05, 3.63) is 61.3 Å². The maximum Gasteiger partial charge on any atom is 0.336 e. The number of carbonyl (C=O) groups excluding carboxylic acids is 1. The van der Waals surface area contributed by atoms with Crippen molar-refractivity contribution in [3.8, 4) is 0 Å². The van der Waals surface area contributed by atoms with Gasteiger partial charge in [-0.25, -0.2) is 4.79 Å². The number of allylic oxidation sites excluding steroid dienone is 1. The summed E-state index contributed by atoms with van der Waals surface area (Å²) in [5, 5.41) is 31.5. The fourth-order valence-corrected chi connectivity index (χ4v) is 2.96. The largest absolute Gasteiger partial charge is 0.460 e. The maximum atomic E-state index is 12.4. The Morgan fingerprint density at radius 1 is 1.31 bits per heavy atom. The van der Waals surface area contributed by atoms with E-state index in [2.05, 4.69) is 4.99 Å². The monoisotopic (exact) mass is 363 g/mol.